The molecule has 1 amide bonds. The summed E-state index contributed by atoms with van der Waals surface area (Å²) < 4.78 is 0. The zero-order valence-electron chi connectivity index (χ0n) is 9.52. The number of H-pyrrole nitrogens is 1. The number of carbonyl (C=O) groups is 1. The molecule has 94 valence electrons. The van der Waals surface area contributed by atoms with Crippen molar-refractivity contribution in [3.05, 3.63) is 6.33 Å². The molecular weight excluding hydrogens is 256 g/mol. The van der Waals surface area contributed by atoms with Crippen molar-refractivity contribution in [3.8, 4) is 0 Å². The van der Waals surface area contributed by atoms with Gasteiger partial charge in [-0.1, -0.05) is 28.0 Å². The van der Waals surface area contributed by atoms with Crippen molar-refractivity contribution in [1.82, 2.24) is 15.2 Å². The lowest BCUT2D eigenvalue weighted by Gasteiger charge is -2.06. The van der Waals surface area contributed by atoms with Crippen LogP contribution >= 0.6 is 21.6 Å². The molecule has 1 aliphatic rings. The van der Waals surface area contributed by atoms with Gasteiger partial charge in [-0.15, -0.1) is 0 Å². The summed E-state index contributed by atoms with van der Waals surface area (Å²) in [5.41, 5.74) is 0. The largest absolute Gasteiger partial charge is 0.295 e. The molecule has 0 saturated carbocycles. The fourth-order valence-corrected chi connectivity index (χ4v) is 4.71. The van der Waals surface area contributed by atoms with Crippen LogP contribution in [0.1, 0.15) is 32.1 Å². The average Bonchev–Trinajstić information content (AvgIpc) is 2.96. The summed E-state index contributed by atoms with van der Waals surface area (Å²) in [7, 11) is 3.97. The zero-order valence-corrected chi connectivity index (χ0v) is 11.1. The minimum Gasteiger partial charge on any atom is -0.295 e. The molecule has 5 nitrogen and oxygen atoms in total. The van der Waals surface area contributed by atoms with E-state index in [2.05, 4.69) is 20.5 Å². The van der Waals surface area contributed by atoms with E-state index in [1.807, 2.05) is 21.6 Å². The summed E-state index contributed by atoms with van der Waals surface area (Å²) in [6.45, 7) is 0. The highest BCUT2D eigenvalue weighted by molar-refractivity contribution is 8.77. The fraction of sp³-hybridized carbons (Fsp3) is 0.700. The second kappa shape index (κ2) is 6.90. The maximum Gasteiger partial charge on any atom is 0.226 e. The molecule has 0 aliphatic carbocycles. The Morgan fingerprint density at radius 1 is 1.59 bits per heavy atom. The van der Waals surface area contributed by atoms with Crippen molar-refractivity contribution in [2.24, 2.45) is 0 Å². The van der Waals surface area contributed by atoms with E-state index < -0.39 is 0 Å². The lowest BCUT2D eigenvalue weighted by atomic mass is 10.1. The van der Waals surface area contributed by atoms with Gasteiger partial charge in [0.05, 0.1) is 0 Å². The molecule has 2 N–H and O–H groups in total. The number of unbranched alkanes of at least 4 members (excludes halogenated alkanes) is 1. The van der Waals surface area contributed by atoms with Crippen LogP contribution in [0.15, 0.2) is 6.33 Å². The van der Waals surface area contributed by atoms with E-state index in [1.165, 1.54) is 24.9 Å². The van der Waals surface area contributed by atoms with Crippen molar-refractivity contribution in [1.29, 1.82) is 0 Å². The molecule has 0 radical (unpaired) electrons. The van der Waals surface area contributed by atoms with Gasteiger partial charge in [0.2, 0.25) is 11.9 Å². The van der Waals surface area contributed by atoms with Crippen LogP contribution < -0.4 is 5.32 Å². The molecule has 0 spiro atoms. The van der Waals surface area contributed by atoms with Crippen LogP contribution in [0.2, 0.25) is 0 Å². The molecule has 1 atom stereocenters. The third-order valence-corrected chi connectivity index (χ3v) is 5.59. The summed E-state index contributed by atoms with van der Waals surface area (Å²) in [5.74, 6) is 1.72. The SMILES string of the molecule is O=C(CCCC[C@H]1CCSS1)Nc1ncn[nH]1. The van der Waals surface area contributed by atoms with Gasteiger partial charge in [-0.3, -0.25) is 10.1 Å². The normalized spacial score (nSPS) is 19.4. The van der Waals surface area contributed by atoms with Crippen LogP contribution in [0.25, 0.3) is 0 Å². The standard InChI is InChI=1S/C10H16N4OS2/c15-9(13-10-11-7-12-14-10)4-2-1-3-8-5-6-16-17-8/h7-8H,1-6H2,(H2,11,12,13,14,15)/t8-/m0/s1. The molecule has 1 saturated heterocycles. The van der Waals surface area contributed by atoms with Gasteiger partial charge in [-0.2, -0.15) is 10.1 Å². The molecule has 1 fully saturated rings. The number of carbonyl (C=O) groups excluding carboxylic acids is 1. The minimum absolute atomic E-state index is 0.00944. The van der Waals surface area contributed by atoms with Crippen LogP contribution in [0.5, 0.6) is 0 Å². The van der Waals surface area contributed by atoms with Gasteiger partial charge in [-0.05, 0) is 19.3 Å². The van der Waals surface area contributed by atoms with Crippen molar-refractivity contribution in [2.45, 2.75) is 37.4 Å². The quantitative estimate of drug-likeness (QED) is 0.615. The Bertz CT molecular complexity index is 338. The van der Waals surface area contributed by atoms with Crippen molar-refractivity contribution in [2.75, 3.05) is 11.1 Å². The zero-order chi connectivity index (χ0) is 11.9. The summed E-state index contributed by atoms with van der Waals surface area (Å²) in [6.07, 6.45) is 6.56. The maximum atomic E-state index is 11.5. The lowest BCUT2D eigenvalue weighted by Crippen LogP contribution is -2.12. The van der Waals surface area contributed by atoms with Gasteiger partial charge in [0, 0.05) is 17.4 Å². The van der Waals surface area contributed by atoms with E-state index in [9.17, 15) is 4.79 Å². The third kappa shape index (κ3) is 4.59. The highest BCUT2D eigenvalue weighted by Gasteiger charge is 2.15. The predicted octanol–water partition coefficient (Wildman–Crippen LogP) is 2.46. The van der Waals surface area contributed by atoms with E-state index in [4.69, 9.17) is 0 Å². The van der Waals surface area contributed by atoms with E-state index in [1.54, 1.807) is 0 Å². The van der Waals surface area contributed by atoms with Crippen LogP contribution in [0.3, 0.4) is 0 Å². The number of nitrogens with zero attached hydrogens (tertiary/aromatic N) is 2. The molecule has 7 heteroatoms. The van der Waals surface area contributed by atoms with E-state index in [0.717, 1.165) is 18.1 Å². The van der Waals surface area contributed by atoms with Gasteiger partial charge in [0.25, 0.3) is 0 Å². The molecule has 0 aromatic carbocycles. The Kier molecular flexibility index (Phi) is 5.18. The Balaban J connectivity index is 1.54. The van der Waals surface area contributed by atoms with E-state index in [-0.39, 0.29) is 5.91 Å². The fourth-order valence-electron chi connectivity index (χ4n) is 1.68. The van der Waals surface area contributed by atoms with E-state index >= 15 is 0 Å². The molecule has 1 aromatic rings. The lowest BCUT2D eigenvalue weighted by molar-refractivity contribution is -0.116. The van der Waals surface area contributed by atoms with Gasteiger partial charge >= 0.3 is 0 Å². The number of hydrogen-bond donors (Lipinski definition) is 2. The molecule has 0 unspecified atom stereocenters. The van der Waals surface area contributed by atoms with Gasteiger partial charge in [-0.25, -0.2) is 5.10 Å². The molecular formula is C10H16N4OS2. The molecule has 0 bridgehead atoms. The number of nitrogens with one attached hydrogen (secondary N) is 2. The Morgan fingerprint density at radius 2 is 2.53 bits per heavy atom. The summed E-state index contributed by atoms with van der Waals surface area (Å²) in [5, 5.41) is 9.75. The highest BCUT2D eigenvalue weighted by atomic mass is 33.1. The van der Waals surface area contributed by atoms with Crippen molar-refractivity contribution < 1.29 is 4.79 Å². The topological polar surface area (TPSA) is 70.7 Å². The predicted molar refractivity (Wildman–Crippen MR) is 71.9 cm³/mol. The number of rotatable bonds is 6. The van der Waals surface area contributed by atoms with E-state index in [0.29, 0.717) is 12.4 Å². The number of aromatic amines is 1. The van der Waals surface area contributed by atoms with Crippen LogP contribution in [-0.4, -0.2) is 32.1 Å². The minimum atomic E-state index is 0.00944. The first-order valence-corrected chi connectivity index (χ1v) is 8.16. The Morgan fingerprint density at radius 3 is 3.24 bits per heavy atom. The van der Waals surface area contributed by atoms with Gasteiger partial charge in [0.15, 0.2) is 0 Å². The summed E-state index contributed by atoms with van der Waals surface area (Å²) in [6, 6.07) is 0. The van der Waals surface area contributed by atoms with Crippen LogP contribution in [0.4, 0.5) is 5.95 Å². The first-order chi connectivity index (χ1) is 8.34. The van der Waals surface area contributed by atoms with Crippen LogP contribution in [-0.2, 0) is 4.79 Å². The monoisotopic (exact) mass is 272 g/mol. The maximum absolute atomic E-state index is 11.5. The number of amides is 1. The van der Waals surface area contributed by atoms with Crippen LogP contribution in [0, 0.1) is 0 Å². The first-order valence-electron chi connectivity index (χ1n) is 5.78. The van der Waals surface area contributed by atoms with Gasteiger partial charge < -0.3 is 0 Å². The molecule has 1 aromatic heterocycles. The summed E-state index contributed by atoms with van der Waals surface area (Å²) in [4.78, 5) is 15.3. The van der Waals surface area contributed by atoms with Crippen molar-refractivity contribution >= 4 is 33.4 Å². The number of hydrogen-bond acceptors (Lipinski definition) is 5. The average molecular weight is 272 g/mol. The Labute approximate surface area is 108 Å². The molecule has 17 heavy (non-hydrogen) atoms. The van der Waals surface area contributed by atoms with Crippen molar-refractivity contribution in [3.63, 3.8) is 0 Å². The summed E-state index contributed by atoms with van der Waals surface area (Å²) >= 11 is 0. The third-order valence-electron chi connectivity index (χ3n) is 2.58. The smallest absolute Gasteiger partial charge is 0.226 e. The highest BCUT2D eigenvalue weighted by Crippen LogP contribution is 2.39. The second-order valence-electron chi connectivity index (χ2n) is 3.96. The molecule has 2 rings (SSSR count). The number of anilines is 1. The van der Waals surface area contributed by atoms with Gasteiger partial charge in [0.1, 0.15) is 6.33 Å². The number of aromatic nitrogens is 3. The molecule has 1 aliphatic heterocycles. The molecule has 2 heterocycles. The second-order valence-corrected chi connectivity index (χ2v) is 6.74. The Hall–Kier alpha value is -0.690. The first kappa shape index (κ1) is 12.8.